The lowest BCUT2D eigenvalue weighted by Crippen LogP contribution is -2.31. The van der Waals surface area contributed by atoms with E-state index in [1.807, 2.05) is 69.3 Å². The van der Waals surface area contributed by atoms with Crippen LogP contribution in [0.4, 0.5) is 5.69 Å². The Morgan fingerprint density at radius 3 is 2.35 bits per heavy atom. The molecule has 0 bridgehead atoms. The predicted octanol–water partition coefficient (Wildman–Crippen LogP) is 4.51. The predicted molar refractivity (Wildman–Crippen MR) is 106 cm³/mol. The van der Waals surface area contributed by atoms with E-state index < -0.39 is 0 Å². The number of benzene rings is 2. The molecule has 0 radical (unpaired) electrons. The van der Waals surface area contributed by atoms with Gasteiger partial charge in [-0.2, -0.15) is 0 Å². The van der Waals surface area contributed by atoms with Crippen molar-refractivity contribution in [3.8, 4) is 12.3 Å². The van der Waals surface area contributed by atoms with Crippen LogP contribution in [-0.4, -0.2) is 11.7 Å². The Morgan fingerprint density at radius 1 is 1.04 bits per heavy atom. The van der Waals surface area contributed by atoms with Crippen LogP contribution in [0.1, 0.15) is 43.4 Å². The standard InChI is InChI=1S/C23H25NO2/c1-5-19-11-7-8-12-20(19)16-24(21-13-9-6-10-18(21)4)23(26)15-14-22(25)17(2)3/h1,6-13,17H,14-16H2,2-4H3. The van der Waals surface area contributed by atoms with Gasteiger partial charge in [-0.3, -0.25) is 9.59 Å². The van der Waals surface area contributed by atoms with E-state index in [2.05, 4.69) is 5.92 Å². The number of hydrogen-bond donors (Lipinski definition) is 0. The van der Waals surface area contributed by atoms with E-state index in [0.29, 0.717) is 6.54 Å². The Morgan fingerprint density at radius 2 is 1.69 bits per heavy atom. The van der Waals surface area contributed by atoms with Gasteiger partial charge in [0.05, 0.1) is 6.54 Å². The summed E-state index contributed by atoms with van der Waals surface area (Å²) in [4.78, 5) is 26.6. The molecule has 0 fully saturated rings. The molecule has 0 unspecified atom stereocenters. The Bertz CT molecular complexity index is 830. The number of para-hydroxylation sites is 1. The van der Waals surface area contributed by atoms with Crippen LogP contribution in [0.25, 0.3) is 0 Å². The number of anilines is 1. The Kier molecular flexibility index (Phi) is 6.74. The van der Waals surface area contributed by atoms with Crippen LogP contribution in [0, 0.1) is 25.2 Å². The summed E-state index contributed by atoms with van der Waals surface area (Å²) in [5.41, 5.74) is 3.55. The van der Waals surface area contributed by atoms with Gasteiger partial charge in [-0.1, -0.05) is 56.2 Å². The molecule has 0 saturated carbocycles. The first-order valence-corrected chi connectivity index (χ1v) is 8.87. The molecule has 2 aromatic rings. The van der Waals surface area contributed by atoms with Gasteiger partial charge < -0.3 is 4.90 Å². The molecule has 0 aromatic heterocycles. The van der Waals surface area contributed by atoms with Crippen molar-refractivity contribution in [2.45, 2.75) is 40.2 Å². The minimum absolute atomic E-state index is 0.0584. The fraction of sp³-hybridized carbons (Fsp3) is 0.304. The highest BCUT2D eigenvalue weighted by Crippen LogP contribution is 2.24. The van der Waals surface area contributed by atoms with Crippen molar-refractivity contribution < 1.29 is 9.59 Å². The van der Waals surface area contributed by atoms with Gasteiger partial charge >= 0.3 is 0 Å². The van der Waals surface area contributed by atoms with E-state index in [9.17, 15) is 9.59 Å². The number of ketones is 1. The molecule has 3 heteroatoms. The summed E-state index contributed by atoms with van der Waals surface area (Å²) < 4.78 is 0. The second kappa shape index (κ2) is 9.01. The number of nitrogens with zero attached hydrogens (tertiary/aromatic N) is 1. The highest BCUT2D eigenvalue weighted by atomic mass is 16.2. The molecule has 0 aliphatic carbocycles. The van der Waals surface area contributed by atoms with Crippen molar-refractivity contribution in [1.82, 2.24) is 0 Å². The second-order valence-electron chi connectivity index (χ2n) is 6.69. The van der Waals surface area contributed by atoms with Crippen LogP contribution in [0.15, 0.2) is 48.5 Å². The van der Waals surface area contributed by atoms with Crippen molar-refractivity contribution >= 4 is 17.4 Å². The van der Waals surface area contributed by atoms with Gasteiger partial charge in [0.15, 0.2) is 0 Å². The lowest BCUT2D eigenvalue weighted by molar-refractivity contribution is -0.125. The van der Waals surface area contributed by atoms with E-state index >= 15 is 0 Å². The molecule has 3 nitrogen and oxygen atoms in total. The quantitative estimate of drug-likeness (QED) is 0.691. The smallest absolute Gasteiger partial charge is 0.227 e. The summed E-state index contributed by atoms with van der Waals surface area (Å²) in [5, 5.41) is 0. The largest absolute Gasteiger partial charge is 0.308 e. The first-order chi connectivity index (χ1) is 12.4. The zero-order valence-corrected chi connectivity index (χ0v) is 15.7. The SMILES string of the molecule is C#Cc1ccccc1CN(C(=O)CCC(=O)C(C)C)c1ccccc1C. The number of terminal acetylenes is 1. The van der Waals surface area contributed by atoms with Gasteiger partial charge in [-0.25, -0.2) is 0 Å². The van der Waals surface area contributed by atoms with Crippen molar-refractivity contribution in [2.75, 3.05) is 4.90 Å². The number of rotatable bonds is 7. The van der Waals surface area contributed by atoms with Crippen LogP contribution in [0.5, 0.6) is 0 Å². The molecular formula is C23H25NO2. The van der Waals surface area contributed by atoms with E-state index in [1.165, 1.54) is 0 Å². The number of hydrogen-bond acceptors (Lipinski definition) is 2. The molecule has 0 N–H and O–H groups in total. The lowest BCUT2D eigenvalue weighted by atomic mass is 10.0. The molecule has 0 aliphatic rings. The molecule has 26 heavy (non-hydrogen) atoms. The summed E-state index contributed by atoms with van der Waals surface area (Å²) in [6.07, 6.45) is 6.06. The van der Waals surface area contributed by atoms with E-state index in [4.69, 9.17) is 6.42 Å². The molecule has 2 aromatic carbocycles. The molecular weight excluding hydrogens is 322 g/mol. The average molecular weight is 347 g/mol. The Hall–Kier alpha value is -2.86. The average Bonchev–Trinajstić information content (AvgIpc) is 2.64. The maximum Gasteiger partial charge on any atom is 0.227 e. The molecule has 0 spiro atoms. The molecule has 0 heterocycles. The lowest BCUT2D eigenvalue weighted by Gasteiger charge is -2.25. The highest BCUT2D eigenvalue weighted by Gasteiger charge is 2.20. The van der Waals surface area contributed by atoms with Gasteiger partial charge in [0, 0.05) is 30.0 Å². The second-order valence-corrected chi connectivity index (χ2v) is 6.69. The minimum Gasteiger partial charge on any atom is -0.308 e. The van der Waals surface area contributed by atoms with Crippen molar-refractivity contribution in [3.05, 3.63) is 65.2 Å². The van der Waals surface area contributed by atoms with Gasteiger partial charge in [0.1, 0.15) is 5.78 Å². The first-order valence-electron chi connectivity index (χ1n) is 8.87. The summed E-state index contributed by atoms with van der Waals surface area (Å²) in [6, 6.07) is 15.4. The van der Waals surface area contributed by atoms with Crippen LogP contribution in [-0.2, 0) is 16.1 Å². The zero-order valence-electron chi connectivity index (χ0n) is 15.7. The van der Waals surface area contributed by atoms with Crippen molar-refractivity contribution in [1.29, 1.82) is 0 Å². The van der Waals surface area contributed by atoms with Crippen LogP contribution < -0.4 is 4.90 Å². The summed E-state index contributed by atoms with van der Waals surface area (Å²) in [7, 11) is 0. The molecule has 0 aliphatic heterocycles. The van der Waals surface area contributed by atoms with Crippen LogP contribution in [0.3, 0.4) is 0 Å². The number of aryl methyl sites for hydroxylation is 1. The topological polar surface area (TPSA) is 37.4 Å². The molecule has 1 amide bonds. The normalized spacial score (nSPS) is 10.4. The third-order valence-corrected chi connectivity index (χ3v) is 4.44. The Labute approximate surface area is 156 Å². The van der Waals surface area contributed by atoms with Crippen LogP contribution in [0.2, 0.25) is 0 Å². The molecule has 0 saturated heterocycles. The van der Waals surface area contributed by atoms with Gasteiger partial charge in [-0.05, 0) is 30.2 Å². The third kappa shape index (κ3) is 4.83. The third-order valence-electron chi connectivity index (χ3n) is 4.44. The summed E-state index contributed by atoms with van der Waals surface area (Å²) in [6.45, 7) is 6.08. The number of carbonyl (C=O) groups excluding carboxylic acids is 2. The first kappa shape index (κ1) is 19.5. The van der Waals surface area contributed by atoms with Gasteiger partial charge in [0.25, 0.3) is 0 Å². The van der Waals surface area contributed by atoms with Crippen molar-refractivity contribution in [2.24, 2.45) is 5.92 Å². The highest BCUT2D eigenvalue weighted by molar-refractivity contribution is 5.96. The van der Waals surface area contributed by atoms with E-state index in [0.717, 1.165) is 22.4 Å². The monoisotopic (exact) mass is 347 g/mol. The molecule has 0 atom stereocenters. The summed E-state index contributed by atoms with van der Waals surface area (Å²) >= 11 is 0. The maximum atomic E-state index is 12.9. The van der Waals surface area contributed by atoms with E-state index in [-0.39, 0.29) is 30.4 Å². The maximum absolute atomic E-state index is 12.9. The molecule has 134 valence electrons. The number of amides is 1. The van der Waals surface area contributed by atoms with Gasteiger partial charge in [0.2, 0.25) is 5.91 Å². The number of carbonyl (C=O) groups is 2. The van der Waals surface area contributed by atoms with Gasteiger partial charge in [-0.15, -0.1) is 6.42 Å². The molecule has 2 rings (SSSR count). The van der Waals surface area contributed by atoms with E-state index in [1.54, 1.807) is 4.90 Å². The fourth-order valence-corrected chi connectivity index (χ4v) is 2.80. The van der Waals surface area contributed by atoms with Crippen LogP contribution >= 0.6 is 0 Å². The zero-order chi connectivity index (χ0) is 19.1. The fourth-order valence-electron chi connectivity index (χ4n) is 2.80. The minimum atomic E-state index is -0.0693. The number of Topliss-reactive ketones (excluding diaryl/α,β-unsaturated/α-hetero) is 1. The summed E-state index contributed by atoms with van der Waals surface area (Å²) in [5.74, 6) is 2.66. The Balaban J connectivity index is 2.31. The van der Waals surface area contributed by atoms with Crippen molar-refractivity contribution in [3.63, 3.8) is 0 Å².